The first-order valence-electron chi connectivity index (χ1n) is 11.4. The molecule has 0 saturated carbocycles. The molecule has 3 rings (SSSR count). The average Bonchev–Trinajstić information content (AvgIpc) is 2.88. The molecule has 14 heteroatoms. The highest BCUT2D eigenvalue weighted by Crippen LogP contribution is 2.35. The van der Waals surface area contributed by atoms with Crippen molar-refractivity contribution in [2.45, 2.75) is 31.4 Å². The van der Waals surface area contributed by atoms with E-state index in [1.807, 2.05) is 0 Å². The topological polar surface area (TPSA) is 101 Å². The number of halogens is 6. The maximum absolute atomic E-state index is 13.1. The lowest BCUT2D eigenvalue weighted by atomic mass is 9.96. The number of methoxy groups -OCH3 is 1. The molecule has 214 valence electrons. The molecule has 0 radical (unpaired) electrons. The number of benzene rings is 2. The standard InChI is InChI=1S/C26H23F6N3O5/c1-14(34-23(37)20-22(36)19(39-3)12-13-33-20)24(38)40-35(2)21(15-4-8-17(9-5-15)25(27,28)29)16-6-10-18(11-7-16)26(30,31)32/h4-14,21,36H,1-3H3,(H,34,37)/t14-/m0/s1. The Kier molecular flexibility index (Phi) is 8.93. The second-order valence-electron chi connectivity index (χ2n) is 8.50. The Labute approximate surface area is 224 Å². The second-order valence-corrected chi connectivity index (χ2v) is 8.50. The molecular formula is C26H23F6N3O5. The smallest absolute Gasteiger partial charge is 0.416 e. The molecule has 1 aromatic heterocycles. The van der Waals surface area contributed by atoms with Crippen LogP contribution in [0.5, 0.6) is 11.5 Å². The lowest BCUT2D eigenvalue weighted by Crippen LogP contribution is -2.42. The minimum absolute atomic E-state index is 0.0361. The highest BCUT2D eigenvalue weighted by Gasteiger charge is 2.33. The van der Waals surface area contributed by atoms with E-state index in [1.54, 1.807) is 0 Å². The number of ether oxygens (including phenoxy) is 1. The molecule has 40 heavy (non-hydrogen) atoms. The van der Waals surface area contributed by atoms with Gasteiger partial charge in [-0.3, -0.25) is 4.79 Å². The molecule has 2 aromatic carbocycles. The summed E-state index contributed by atoms with van der Waals surface area (Å²) >= 11 is 0. The fourth-order valence-corrected chi connectivity index (χ4v) is 3.69. The van der Waals surface area contributed by atoms with Crippen molar-refractivity contribution in [3.63, 3.8) is 0 Å². The largest absolute Gasteiger partial charge is 0.503 e. The molecule has 8 nitrogen and oxygen atoms in total. The molecule has 1 atom stereocenters. The Bertz CT molecular complexity index is 1290. The highest BCUT2D eigenvalue weighted by molar-refractivity contribution is 5.97. The first-order valence-corrected chi connectivity index (χ1v) is 11.4. The normalized spacial score (nSPS) is 12.8. The van der Waals surface area contributed by atoms with Crippen molar-refractivity contribution >= 4 is 11.9 Å². The van der Waals surface area contributed by atoms with Crippen LogP contribution in [0.1, 0.15) is 45.7 Å². The van der Waals surface area contributed by atoms with Gasteiger partial charge in [0.05, 0.1) is 24.3 Å². The van der Waals surface area contributed by atoms with Crippen LogP contribution in [0.15, 0.2) is 60.8 Å². The molecule has 0 saturated heterocycles. The van der Waals surface area contributed by atoms with Crippen LogP contribution in [0.4, 0.5) is 26.3 Å². The summed E-state index contributed by atoms with van der Waals surface area (Å²) in [6.07, 6.45) is -8.05. The first kappa shape index (κ1) is 30.2. The Hall–Kier alpha value is -4.33. The van der Waals surface area contributed by atoms with E-state index in [0.29, 0.717) is 0 Å². The number of pyridine rings is 1. The third-order valence-corrected chi connectivity index (χ3v) is 5.73. The number of rotatable bonds is 8. The van der Waals surface area contributed by atoms with E-state index in [4.69, 9.17) is 9.57 Å². The van der Waals surface area contributed by atoms with Gasteiger partial charge in [0.15, 0.2) is 17.2 Å². The molecule has 0 aliphatic carbocycles. The summed E-state index contributed by atoms with van der Waals surface area (Å²) in [5.74, 6) is -2.57. The number of alkyl halides is 6. The molecule has 0 unspecified atom stereocenters. The molecule has 3 aromatic rings. The maximum Gasteiger partial charge on any atom is 0.416 e. The summed E-state index contributed by atoms with van der Waals surface area (Å²) in [4.78, 5) is 34.4. The van der Waals surface area contributed by atoms with Crippen LogP contribution in [0.3, 0.4) is 0 Å². The van der Waals surface area contributed by atoms with Crippen LogP contribution in [0.25, 0.3) is 0 Å². The fourth-order valence-electron chi connectivity index (χ4n) is 3.69. The van der Waals surface area contributed by atoms with Crippen LogP contribution >= 0.6 is 0 Å². The van der Waals surface area contributed by atoms with Crippen LogP contribution in [0, 0.1) is 0 Å². The predicted molar refractivity (Wildman–Crippen MR) is 128 cm³/mol. The number of hydroxylamine groups is 2. The van der Waals surface area contributed by atoms with Crippen molar-refractivity contribution < 1.29 is 50.6 Å². The third-order valence-electron chi connectivity index (χ3n) is 5.73. The number of carbonyl (C=O) groups excluding carboxylic acids is 2. The SMILES string of the molecule is COc1ccnc(C(=O)N[C@@H](C)C(=O)ON(C)C(c2ccc(C(F)(F)F)cc2)c2ccc(C(F)(F)F)cc2)c1O. The Morgan fingerprint density at radius 2 is 1.38 bits per heavy atom. The van der Waals surface area contributed by atoms with Gasteiger partial charge in [-0.1, -0.05) is 24.3 Å². The van der Waals surface area contributed by atoms with Gasteiger partial charge < -0.3 is 20.0 Å². The quantitative estimate of drug-likeness (QED) is 0.286. The number of aromatic hydroxyl groups is 1. The van der Waals surface area contributed by atoms with Gasteiger partial charge in [-0.05, 0) is 42.3 Å². The number of nitrogens with zero attached hydrogens (tertiary/aromatic N) is 2. The Morgan fingerprint density at radius 3 is 1.80 bits per heavy atom. The Morgan fingerprint density at radius 1 is 0.900 bits per heavy atom. The zero-order chi connectivity index (χ0) is 29.8. The minimum Gasteiger partial charge on any atom is -0.503 e. The van der Waals surface area contributed by atoms with E-state index in [2.05, 4.69) is 10.3 Å². The van der Waals surface area contributed by atoms with E-state index < -0.39 is 58.9 Å². The van der Waals surface area contributed by atoms with Gasteiger partial charge in [-0.15, -0.1) is 5.06 Å². The summed E-state index contributed by atoms with van der Waals surface area (Å²) in [5, 5.41) is 13.3. The highest BCUT2D eigenvalue weighted by atomic mass is 19.4. The van der Waals surface area contributed by atoms with E-state index >= 15 is 0 Å². The predicted octanol–water partition coefficient (Wildman–Crippen LogP) is 5.13. The monoisotopic (exact) mass is 571 g/mol. The lowest BCUT2D eigenvalue weighted by molar-refractivity contribution is -0.193. The van der Waals surface area contributed by atoms with Gasteiger partial charge in [-0.2, -0.15) is 26.3 Å². The van der Waals surface area contributed by atoms with Crippen LogP contribution in [-0.2, 0) is 22.0 Å². The van der Waals surface area contributed by atoms with Gasteiger partial charge in [0.1, 0.15) is 6.04 Å². The van der Waals surface area contributed by atoms with Crippen LogP contribution < -0.4 is 10.1 Å². The van der Waals surface area contributed by atoms with E-state index in [0.717, 1.165) is 53.6 Å². The number of carbonyl (C=O) groups is 2. The third kappa shape index (κ3) is 7.00. The van der Waals surface area contributed by atoms with Gasteiger partial charge >= 0.3 is 18.3 Å². The van der Waals surface area contributed by atoms with Crippen molar-refractivity contribution in [3.05, 3.63) is 88.7 Å². The van der Waals surface area contributed by atoms with Crippen molar-refractivity contribution in [3.8, 4) is 11.5 Å². The molecular weight excluding hydrogens is 548 g/mol. The van der Waals surface area contributed by atoms with Crippen LogP contribution in [-0.4, -0.2) is 47.2 Å². The molecule has 1 amide bonds. The first-order chi connectivity index (χ1) is 18.6. The lowest BCUT2D eigenvalue weighted by Gasteiger charge is -2.29. The molecule has 2 N–H and O–H groups in total. The molecule has 0 aliphatic heterocycles. The molecule has 0 aliphatic rings. The van der Waals surface area contributed by atoms with Crippen LogP contribution in [0.2, 0.25) is 0 Å². The summed E-state index contributed by atoms with van der Waals surface area (Å²) < 4.78 is 83.3. The number of hydrogen-bond acceptors (Lipinski definition) is 7. The van der Waals surface area contributed by atoms with Crippen molar-refractivity contribution in [1.82, 2.24) is 15.4 Å². The fraction of sp³-hybridized carbons (Fsp3) is 0.269. The summed E-state index contributed by atoms with van der Waals surface area (Å²) in [5.41, 5.74) is -1.99. The zero-order valence-corrected chi connectivity index (χ0v) is 21.2. The van der Waals surface area contributed by atoms with E-state index in [1.165, 1.54) is 33.3 Å². The molecule has 0 spiro atoms. The molecule has 0 fully saturated rings. The number of nitrogens with one attached hydrogen (secondary N) is 1. The molecule has 1 heterocycles. The van der Waals surface area contributed by atoms with Crippen molar-refractivity contribution in [1.29, 1.82) is 0 Å². The summed E-state index contributed by atoms with van der Waals surface area (Å²) in [7, 11) is 2.51. The number of hydrogen-bond donors (Lipinski definition) is 2. The minimum atomic E-state index is -4.62. The van der Waals surface area contributed by atoms with Crippen molar-refractivity contribution in [2.75, 3.05) is 14.2 Å². The average molecular weight is 571 g/mol. The maximum atomic E-state index is 13.1. The van der Waals surface area contributed by atoms with Crippen molar-refractivity contribution in [2.24, 2.45) is 0 Å². The second kappa shape index (κ2) is 11.8. The van der Waals surface area contributed by atoms with Gasteiger partial charge in [0.25, 0.3) is 5.91 Å². The number of amides is 1. The Balaban J connectivity index is 1.85. The summed E-state index contributed by atoms with van der Waals surface area (Å²) in [6, 6.07) is 6.46. The van der Waals surface area contributed by atoms with Gasteiger partial charge in [0.2, 0.25) is 0 Å². The van der Waals surface area contributed by atoms with E-state index in [-0.39, 0.29) is 16.9 Å². The van der Waals surface area contributed by atoms with Gasteiger partial charge in [0, 0.05) is 19.3 Å². The van der Waals surface area contributed by atoms with Gasteiger partial charge in [-0.25, -0.2) is 9.78 Å². The summed E-state index contributed by atoms with van der Waals surface area (Å²) in [6.45, 7) is 1.26. The molecule has 0 bridgehead atoms. The van der Waals surface area contributed by atoms with E-state index in [9.17, 15) is 41.0 Å². The number of aromatic nitrogens is 1. The zero-order valence-electron chi connectivity index (χ0n) is 21.2.